The molecule has 0 amide bonds. The summed E-state index contributed by atoms with van der Waals surface area (Å²) in [5.41, 5.74) is 0. The van der Waals surface area contributed by atoms with Gasteiger partial charge in [-0.05, 0) is 31.6 Å². The number of rotatable bonds is 1. The van der Waals surface area contributed by atoms with Gasteiger partial charge in [-0.25, -0.2) is 0 Å². The second kappa shape index (κ2) is 3.21. The molecule has 0 N–H and O–H groups in total. The molecule has 1 saturated carbocycles. The molecule has 1 fully saturated rings. The van der Waals surface area contributed by atoms with Crippen molar-refractivity contribution in [1.29, 1.82) is 0 Å². The fraction of sp³-hybridized carbons (Fsp3) is 0.875. The predicted molar refractivity (Wildman–Crippen MR) is 38.1 cm³/mol. The zero-order chi connectivity index (χ0) is 6.69. The van der Waals surface area contributed by atoms with Crippen LogP contribution in [-0.2, 0) is 4.74 Å². The highest BCUT2D eigenvalue weighted by atomic mass is 16.5. The molecule has 0 aromatic heterocycles. The molecular weight excluding hydrogens is 112 g/mol. The third-order valence-corrected chi connectivity index (χ3v) is 2.13. The van der Waals surface area contributed by atoms with Crippen LogP contribution in [0.25, 0.3) is 0 Å². The summed E-state index contributed by atoms with van der Waals surface area (Å²) in [6, 6.07) is 0. The van der Waals surface area contributed by atoms with Crippen LogP contribution in [0, 0.1) is 12.8 Å². The summed E-state index contributed by atoms with van der Waals surface area (Å²) in [6.07, 6.45) is 5.45. The van der Waals surface area contributed by atoms with E-state index in [1.807, 2.05) is 0 Å². The Labute approximate surface area is 57.4 Å². The number of methoxy groups -OCH3 is 1. The largest absolute Gasteiger partial charge is 0.381 e. The highest BCUT2D eigenvalue weighted by molar-refractivity contribution is 4.73. The molecule has 1 aliphatic carbocycles. The first-order valence-electron chi connectivity index (χ1n) is 3.69. The van der Waals surface area contributed by atoms with Gasteiger partial charge in [-0.15, -0.1) is 0 Å². The highest BCUT2D eigenvalue weighted by Gasteiger charge is 2.16. The molecule has 0 saturated heterocycles. The second-order valence-corrected chi connectivity index (χ2v) is 2.88. The number of hydrogen-bond donors (Lipinski definition) is 0. The summed E-state index contributed by atoms with van der Waals surface area (Å²) in [7, 11) is 1.80. The first-order valence-corrected chi connectivity index (χ1v) is 3.69. The monoisotopic (exact) mass is 127 g/mol. The smallest absolute Gasteiger partial charge is 0.0571 e. The summed E-state index contributed by atoms with van der Waals surface area (Å²) in [6.45, 7) is 4.01. The average molecular weight is 127 g/mol. The minimum atomic E-state index is 0.531. The van der Waals surface area contributed by atoms with Gasteiger partial charge in [0.05, 0.1) is 6.10 Å². The van der Waals surface area contributed by atoms with E-state index in [2.05, 4.69) is 6.92 Å². The molecule has 0 bridgehead atoms. The van der Waals surface area contributed by atoms with Gasteiger partial charge in [0, 0.05) is 7.11 Å². The van der Waals surface area contributed by atoms with E-state index in [-0.39, 0.29) is 0 Å². The lowest BCUT2D eigenvalue weighted by atomic mass is 9.89. The highest BCUT2D eigenvalue weighted by Crippen LogP contribution is 2.24. The van der Waals surface area contributed by atoms with Crippen LogP contribution < -0.4 is 0 Å². The molecular formula is C8H15O. The Morgan fingerprint density at radius 1 is 1.22 bits per heavy atom. The van der Waals surface area contributed by atoms with E-state index in [1.54, 1.807) is 7.11 Å². The standard InChI is InChI=1S/C8H15O/c1-7-3-5-8(9-2)6-4-7/h7-8H,1,3-6H2,2H3/t7-,8-. The van der Waals surface area contributed by atoms with Gasteiger partial charge in [-0.3, -0.25) is 0 Å². The summed E-state index contributed by atoms with van der Waals surface area (Å²) < 4.78 is 5.21. The van der Waals surface area contributed by atoms with Crippen molar-refractivity contribution in [3.05, 3.63) is 6.92 Å². The van der Waals surface area contributed by atoms with Gasteiger partial charge >= 0.3 is 0 Å². The van der Waals surface area contributed by atoms with E-state index in [0.29, 0.717) is 12.0 Å². The van der Waals surface area contributed by atoms with Crippen molar-refractivity contribution in [2.45, 2.75) is 31.8 Å². The van der Waals surface area contributed by atoms with Gasteiger partial charge in [0.15, 0.2) is 0 Å². The molecule has 1 aliphatic rings. The Balaban J connectivity index is 2.18. The lowest BCUT2D eigenvalue weighted by Gasteiger charge is -2.24. The first kappa shape index (κ1) is 7.07. The van der Waals surface area contributed by atoms with Crippen molar-refractivity contribution < 1.29 is 4.74 Å². The Morgan fingerprint density at radius 2 is 1.78 bits per heavy atom. The van der Waals surface area contributed by atoms with E-state index in [9.17, 15) is 0 Å². The van der Waals surface area contributed by atoms with Gasteiger partial charge in [-0.1, -0.05) is 6.92 Å². The molecule has 0 heterocycles. The summed E-state index contributed by atoms with van der Waals surface area (Å²) >= 11 is 0. The topological polar surface area (TPSA) is 9.23 Å². The second-order valence-electron chi connectivity index (χ2n) is 2.88. The Hall–Kier alpha value is -0.0400. The van der Waals surface area contributed by atoms with E-state index >= 15 is 0 Å². The molecule has 0 aromatic carbocycles. The molecule has 1 nitrogen and oxygen atoms in total. The zero-order valence-electron chi connectivity index (χ0n) is 6.10. The van der Waals surface area contributed by atoms with E-state index < -0.39 is 0 Å². The molecule has 0 spiro atoms. The molecule has 0 unspecified atom stereocenters. The van der Waals surface area contributed by atoms with Crippen molar-refractivity contribution in [3.63, 3.8) is 0 Å². The molecule has 0 aromatic rings. The van der Waals surface area contributed by atoms with Crippen LogP contribution in [0.3, 0.4) is 0 Å². The lowest BCUT2D eigenvalue weighted by Crippen LogP contribution is -2.18. The van der Waals surface area contributed by atoms with Gasteiger partial charge < -0.3 is 4.74 Å². The summed E-state index contributed by atoms with van der Waals surface area (Å²) in [4.78, 5) is 0. The van der Waals surface area contributed by atoms with Gasteiger partial charge in [0.1, 0.15) is 0 Å². The van der Waals surface area contributed by atoms with E-state index in [1.165, 1.54) is 25.7 Å². The van der Waals surface area contributed by atoms with Gasteiger partial charge in [0.25, 0.3) is 0 Å². The third kappa shape index (κ3) is 1.98. The van der Waals surface area contributed by atoms with Crippen molar-refractivity contribution in [3.8, 4) is 0 Å². The zero-order valence-corrected chi connectivity index (χ0v) is 6.10. The van der Waals surface area contributed by atoms with Gasteiger partial charge in [-0.2, -0.15) is 0 Å². The minimum Gasteiger partial charge on any atom is -0.381 e. The normalized spacial score (nSPS) is 36.7. The van der Waals surface area contributed by atoms with E-state index in [0.717, 1.165) is 0 Å². The average Bonchev–Trinajstić information content (AvgIpc) is 1.90. The molecule has 1 radical (unpaired) electrons. The lowest BCUT2D eigenvalue weighted by molar-refractivity contribution is 0.0624. The van der Waals surface area contributed by atoms with Crippen molar-refractivity contribution in [2.75, 3.05) is 7.11 Å². The maximum absolute atomic E-state index is 5.21. The maximum atomic E-state index is 5.21. The molecule has 0 aliphatic heterocycles. The fourth-order valence-electron chi connectivity index (χ4n) is 1.37. The fourth-order valence-corrected chi connectivity index (χ4v) is 1.37. The summed E-state index contributed by atoms with van der Waals surface area (Å²) in [5, 5.41) is 0. The van der Waals surface area contributed by atoms with Crippen molar-refractivity contribution >= 4 is 0 Å². The number of ether oxygens (including phenoxy) is 1. The van der Waals surface area contributed by atoms with Crippen molar-refractivity contribution in [2.24, 2.45) is 5.92 Å². The quantitative estimate of drug-likeness (QED) is 0.523. The third-order valence-electron chi connectivity index (χ3n) is 2.13. The molecule has 9 heavy (non-hydrogen) atoms. The van der Waals surface area contributed by atoms with Crippen LogP contribution in [0.15, 0.2) is 0 Å². The first-order chi connectivity index (χ1) is 4.33. The van der Waals surface area contributed by atoms with Crippen molar-refractivity contribution in [1.82, 2.24) is 0 Å². The Bertz CT molecular complexity index is 72.6. The molecule has 1 rings (SSSR count). The molecule has 0 atom stereocenters. The Kier molecular flexibility index (Phi) is 2.52. The minimum absolute atomic E-state index is 0.531. The van der Waals surface area contributed by atoms with Crippen LogP contribution in [-0.4, -0.2) is 13.2 Å². The number of hydrogen-bond acceptors (Lipinski definition) is 1. The van der Waals surface area contributed by atoms with Gasteiger partial charge in [0.2, 0.25) is 0 Å². The molecule has 1 heteroatoms. The maximum Gasteiger partial charge on any atom is 0.0571 e. The van der Waals surface area contributed by atoms with Crippen LogP contribution in [0.2, 0.25) is 0 Å². The van der Waals surface area contributed by atoms with Crippen LogP contribution in [0.1, 0.15) is 25.7 Å². The summed E-state index contributed by atoms with van der Waals surface area (Å²) in [5.74, 6) is 0.691. The van der Waals surface area contributed by atoms with Crippen LogP contribution in [0.4, 0.5) is 0 Å². The van der Waals surface area contributed by atoms with Crippen LogP contribution >= 0.6 is 0 Å². The SMILES string of the molecule is [CH2][C@H]1CC[C@H](OC)CC1. The van der Waals surface area contributed by atoms with Crippen LogP contribution in [0.5, 0.6) is 0 Å². The Morgan fingerprint density at radius 3 is 2.22 bits per heavy atom. The van der Waals surface area contributed by atoms with E-state index in [4.69, 9.17) is 4.74 Å². The molecule has 53 valence electrons. The predicted octanol–water partition coefficient (Wildman–Crippen LogP) is 2.03.